The molecule has 0 aliphatic carbocycles. The minimum absolute atomic E-state index is 0.0119. The number of aromatic hydroxyl groups is 3. The maximum absolute atomic E-state index is 14.3. The number of fused-ring (bicyclic) bond motifs is 1. The lowest BCUT2D eigenvalue weighted by atomic mass is 9.98. The van der Waals surface area contributed by atoms with E-state index in [1.54, 1.807) is 25.4 Å². The number of phenolic OH excluding ortho intramolecular Hbond substituents is 2. The van der Waals surface area contributed by atoms with Gasteiger partial charge in [-0.3, -0.25) is 14.7 Å². The Bertz CT molecular complexity index is 2720. The molecule has 60 heavy (non-hydrogen) atoms. The molecule has 304 valence electrons. The average molecular weight is 822 g/mol. The molecule has 4 heterocycles. The van der Waals surface area contributed by atoms with Gasteiger partial charge in [-0.05, 0) is 89.9 Å². The van der Waals surface area contributed by atoms with Crippen molar-refractivity contribution in [2.24, 2.45) is 0 Å². The molecule has 0 radical (unpaired) electrons. The lowest BCUT2D eigenvalue weighted by Gasteiger charge is -2.34. The van der Waals surface area contributed by atoms with Crippen LogP contribution in [0.5, 0.6) is 17.5 Å². The number of pyridine rings is 1. The van der Waals surface area contributed by atoms with E-state index in [4.69, 9.17) is 5.10 Å². The second-order valence-corrected chi connectivity index (χ2v) is 15.8. The first-order valence-corrected chi connectivity index (χ1v) is 20.3. The number of amides is 2. The van der Waals surface area contributed by atoms with E-state index in [2.05, 4.69) is 25.4 Å². The Hall–Kier alpha value is -6.97. The number of hydrogen-bond acceptors (Lipinski definition) is 11. The number of phenols is 2. The highest BCUT2D eigenvalue weighted by atomic mass is 32.2. The molecule has 1 fully saturated rings. The number of aromatic nitrogens is 6. The number of carbonyl (C=O) groups is 2. The molecule has 4 aromatic carbocycles. The number of hydrogen-bond donors (Lipinski definition) is 4. The molecule has 0 bridgehead atoms. The molecule has 4 N–H and O–H groups in total. The molecule has 7 aromatic rings. The van der Waals surface area contributed by atoms with Crippen LogP contribution in [0.15, 0.2) is 113 Å². The van der Waals surface area contributed by atoms with Crippen LogP contribution < -0.4 is 5.32 Å². The minimum Gasteiger partial charge on any atom is -0.508 e. The number of rotatable bonds is 10. The molecule has 2 amide bonds. The molecule has 14 nitrogen and oxygen atoms in total. The fraction of sp³-hybridized carbons (Fsp3) is 0.200. The van der Waals surface area contributed by atoms with E-state index in [-0.39, 0.29) is 41.2 Å². The van der Waals surface area contributed by atoms with Gasteiger partial charge in [-0.2, -0.15) is 9.78 Å². The molecule has 0 unspecified atom stereocenters. The van der Waals surface area contributed by atoms with Gasteiger partial charge in [-0.1, -0.05) is 61.0 Å². The number of nitrogens with one attached hydrogen (secondary N) is 1. The van der Waals surface area contributed by atoms with Crippen LogP contribution in [0, 0.1) is 0 Å². The van der Waals surface area contributed by atoms with Crippen LogP contribution in [0.1, 0.15) is 52.6 Å². The molecule has 0 saturated carbocycles. The second kappa shape index (κ2) is 17.1. The van der Waals surface area contributed by atoms with Gasteiger partial charge in [0.2, 0.25) is 0 Å². The lowest BCUT2D eigenvalue weighted by Crippen LogP contribution is -2.49. The third kappa shape index (κ3) is 8.17. The summed E-state index contributed by atoms with van der Waals surface area (Å²) in [6, 6.07) is 29.0. The van der Waals surface area contributed by atoms with E-state index >= 15 is 0 Å². The summed E-state index contributed by atoms with van der Waals surface area (Å²) in [4.78, 5) is 37.0. The van der Waals surface area contributed by atoms with Crippen molar-refractivity contribution in [3.05, 3.63) is 131 Å². The van der Waals surface area contributed by atoms with Gasteiger partial charge in [0.25, 0.3) is 5.91 Å². The van der Waals surface area contributed by atoms with Gasteiger partial charge in [0.1, 0.15) is 11.5 Å². The van der Waals surface area contributed by atoms with Gasteiger partial charge in [0.05, 0.1) is 33.7 Å². The van der Waals surface area contributed by atoms with E-state index in [9.17, 15) is 24.9 Å². The van der Waals surface area contributed by atoms with Crippen molar-refractivity contribution in [3.8, 4) is 34.6 Å². The smallest absolute Gasteiger partial charge is 0.345 e. The summed E-state index contributed by atoms with van der Waals surface area (Å²) in [6.07, 6.45) is 5.47. The molecule has 0 atom stereocenters. The number of benzene rings is 4. The van der Waals surface area contributed by atoms with Crippen LogP contribution in [-0.4, -0.2) is 99.8 Å². The Morgan fingerprint density at radius 3 is 2.35 bits per heavy atom. The monoisotopic (exact) mass is 821 g/mol. The van der Waals surface area contributed by atoms with E-state index in [1.165, 1.54) is 27.1 Å². The maximum atomic E-state index is 14.3. The molecule has 1 aliphatic rings. The predicted octanol–water partition coefficient (Wildman–Crippen LogP) is 7.39. The summed E-state index contributed by atoms with van der Waals surface area (Å²) in [5, 5.41) is 48.1. The Morgan fingerprint density at radius 2 is 1.62 bits per heavy atom. The van der Waals surface area contributed by atoms with Gasteiger partial charge in [-0.15, -0.1) is 5.10 Å². The van der Waals surface area contributed by atoms with Crippen molar-refractivity contribution >= 4 is 46.8 Å². The zero-order valence-electron chi connectivity index (χ0n) is 33.2. The summed E-state index contributed by atoms with van der Waals surface area (Å²) < 4.78 is 2.93. The van der Waals surface area contributed by atoms with Crippen molar-refractivity contribution < 1.29 is 24.9 Å². The quantitative estimate of drug-likeness (QED) is 0.108. The van der Waals surface area contributed by atoms with Crippen molar-refractivity contribution in [1.82, 2.24) is 44.6 Å². The molecule has 0 spiro atoms. The molecule has 1 saturated heterocycles. The Kier molecular flexibility index (Phi) is 11.3. The first-order chi connectivity index (χ1) is 29.1. The second-order valence-electron chi connectivity index (χ2n) is 14.7. The van der Waals surface area contributed by atoms with Crippen LogP contribution in [0.3, 0.4) is 0 Å². The van der Waals surface area contributed by atoms with Crippen molar-refractivity contribution in [2.75, 3.05) is 33.2 Å². The number of carbonyl (C=O) groups excluding carboxylic acids is 2. The first kappa shape index (κ1) is 39.8. The fourth-order valence-corrected chi connectivity index (χ4v) is 8.24. The van der Waals surface area contributed by atoms with E-state index in [1.807, 2.05) is 110 Å². The van der Waals surface area contributed by atoms with Gasteiger partial charge >= 0.3 is 12.0 Å². The summed E-state index contributed by atoms with van der Waals surface area (Å²) in [6.45, 7) is 6.80. The third-order valence-electron chi connectivity index (χ3n) is 10.4. The molecular weight excluding hydrogens is 779 g/mol. The third-order valence-corrected chi connectivity index (χ3v) is 11.5. The molecular formula is C45H43N9O5S. The Morgan fingerprint density at radius 1 is 0.850 bits per heavy atom. The van der Waals surface area contributed by atoms with E-state index in [0.717, 1.165) is 26.4 Å². The normalized spacial score (nSPS) is 13.4. The zero-order valence-corrected chi connectivity index (χ0v) is 34.0. The van der Waals surface area contributed by atoms with Gasteiger partial charge in [0.15, 0.2) is 5.82 Å². The highest BCUT2D eigenvalue weighted by molar-refractivity contribution is 7.99. The summed E-state index contributed by atoms with van der Waals surface area (Å²) in [7, 11) is 1.61. The van der Waals surface area contributed by atoms with Crippen molar-refractivity contribution in [2.45, 2.75) is 36.1 Å². The predicted molar refractivity (Wildman–Crippen MR) is 230 cm³/mol. The van der Waals surface area contributed by atoms with Crippen LogP contribution in [-0.2, 0) is 6.54 Å². The number of nitrogens with zero attached hydrogens (tertiary/aromatic N) is 8. The van der Waals surface area contributed by atoms with Crippen LogP contribution >= 0.6 is 11.8 Å². The lowest BCUT2D eigenvalue weighted by molar-refractivity contribution is 0.0960. The largest absolute Gasteiger partial charge is 0.508 e. The Balaban J connectivity index is 0.988. The van der Waals surface area contributed by atoms with Gasteiger partial charge in [-0.25, -0.2) is 9.36 Å². The molecule has 8 rings (SSSR count). The average Bonchev–Trinajstić information content (AvgIpc) is 3.83. The summed E-state index contributed by atoms with van der Waals surface area (Å²) in [5.74, 6) is -0.141. The van der Waals surface area contributed by atoms with Crippen molar-refractivity contribution in [1.29, 1.82) is 0 Å². The topological polar surface area (TPSA) is 175 Å². The highest BCUT2D eigenvalue weighted by Crippen LogP contribution is 2.39. The zero-order chi connectivity index (χ0) is 41.9. The summed E-state index contributed by atoms with van der Waals surface area (Å²) >= 11 is 1.45. The van der Waals surface area contributed by atoms with Gasteiger partial charge in [0, 0.05) is 67.2 Å². The molecule has 15 heteroatoms. The first-order valence-electron chi connectivity index (χ1n) is 19.5. The fourth-order valence-electron chi connectivity index (χ4n) is 7.26. The standard InChI is InChI=1S/C45H43N9O5S/c1-28(2)35-25-36(40(56)26-39(35)55)42-48-49-44(58)53(42)31-14-11-29(12-15-31)27-51-20-22-52(23-21-51)45(59)54-38-24-32(60-41-10-5-4-9-34(41)43(57)46-3)16-17-33(38)37(50-54)18-13-30-8-6-7-19-47-30/h4-19,24-26,28,55-56H,20-23,27H2,1-3H3,(H,46,57)(H,49,58)/b18-13+. The highest BCUT2D eigenvalue weighted by Gasteiger charge is 2.26. The number of piperazine rings is 1. The maximum Gasteiger partial charge on any atom is 0.345 e. The van der Waals surface area contributed by atoms with Crippen LogP contribution in [0.2, 0.25) is 0 Å². The van der Waals surface area contributed by atoms with Crippen LogP contribution in [0.25, 0.3) is 40.1 Å². The van der Waals surface area contributed by atoms with Gasteiger partial charge < -0.3 is 25.5 Å². The van der Waals surface area contributed by atoms with Crippen molar-refractivity contribution in [3.63, 3.8) is 0 Å². The van der Waals surface area contributed by atoms with E-state index < -0.39 is 0 Å². The minimum atomic E-state index is -0.334. The molecule has 1 aliphatic heterocycles. The molecule has 3 aromatic heterocycles. The Labute approximate surface area is 350 Å². The van der Waals surface area contributed by atoms with Crippen LogP contribution in [0.4, 0.5) is 4.79 Å². The summed E-state index contributed by atoms with van der Waals surface area (Å²) in [5.41, 5.74) is 5.25. The SMILES string of the molecule is CNC(=O)c1ccccc1Sc1ccc2c(/C=C/c3ccccn3)nn(C(=O)N3CCN(Cc4ccc(-n5c(O)nnc5-c5cc(C(C)C)c(O)cc5O)cc4)CC3)c2c1. The van der Waals surface area contributed by atoms with E-state index in [0.29, 0.717) is 66.3 Å².